The molecule has 0 saturated heterocycles. The van der Waals surface area contributed by atoms with E-state index in [2.05, 4.69) is 26.6 Å². The van der Waals surface area contributed by atoms with E-state index in [0.29, 0.717) is 10.9 Å². The maximum Gasteiger partial charge on any atom is 0.239 e. The molecule has 0 spiro atoms. The molecule has 0 bridgehead atoms. The Morgan fingerprint density at radius 1 is 1.47 bits per heavy atom. The topological polar surface area (TPSA) is 41.1 Å². The van der Waals surface area contributed by atoms with Gasteiger partial charge in [-0.3, -0.25) is 4.79 Å². The van der Waals surface area contributed by atoms with Crippen LogP contribution in [0.25, 0.3) is 0 Å². The fraction of sp³-hybridized carbons (Fsp3) is 0.417. The van der Waals surface area contributed by atoms with Crippen LogP contribution in [-0.4, -0.2) is 19.0 Å². The first-order valence-corrected chi connectivity index (χ1v) is 6.78. The predicted octanol–water partition coefficient (Wildman–Crippen LogP) is 3.04. The summed E-state index contributed by atoms with van der Waals surface area (Å²) in [4.78, 5) is 11.5. The number of anilines is 1. The third-order valence-electron chi connectivity index (χ3n) is 2.66. The summed E-state index contributed by atoms with van der Waals surface area (Å²) in [6.45, 7) is 1.09. The second-order valence-corrected chi connectivity index (χ2v) is 5.49. The summed E-state index contributed by atoms with van der Waals surface area (Å²) in [5, 5.41) is 6.57. The first kappa shape index (κ1) is 12.7. The normalized spacial score (nSPS) is 14.5. The van der Waals surface area contributed by atoms with Crippen molar-refractivity contribution in [3.8, 4) is 0 Å². The molecule has 0 radical (unpaired) electrons. The molecule has 2 N–H and O–H groups in total. The first-order chi connectivity index (χ1) is 8.15. The van der Waals surface area contributed by atoms with E-state index in [9.17, 15) is 4.79 Å². The minimum absolute atomic E-state index is 0.0240. The van der Waals surface area contributed by atoms with Gasteiger partial charge in [0, 0.05) is 16.7 Å². The van der Waals surface area contributed by atoms with E-state index in [1.165, 1.54) is 12.8 Å². The molecule has 3 nitrogen and oxygen atoms in total. The van der Waals surface area contributed by atoms with E-state index >= 15 is 0 Å². The zero-order valence-electron chi connectivity index (χ0n) is 9.30. The Morgan fingerprint density at radius 3 is 2.88 bits per heavy atom. The molecule has 17 heavy (non-hydrogen) atoms. The number of hydrogen-bond donors (Lipinski definition) is 2. The lowest BCUT2D eigenvalue weighted by molar-refractivity contribution is -0.119. The van der Waals surface area contributed by atoms with Crippen LogP contribution in [0, 0.1) is 5.92 Å². The van der Waals surface area contributed by atoms with Crippen LogP contribution in [0.4, 0.5) is 5.69 Å². The molecular weight excluding hydrogens is 304 g/mol. The maximum atomic E-state index is 11.5. The third-order valence-corrected chi connectivity index (χ3v) is 3.89. The van der Waals surface area contributed by atoms with E-state index in [0.717, 1.165) is 16.7 Å². The van der Waals surface area contributed by atoms with Crippen LogP contribution in [0.5, 0.6) is 0 Å². The number of amides is 1. The highest BCUT2D eigenvalue weighted by Crippen LogP contribution is 2.27. The van der Waals surface area contributed by atoms with Gasteiger partial charge in [0.1, 0.15) is 0 Å². The van der Waals surface area contributed by atoms with Crippen molar-refractivity contribution >= 4 is 39.1 Å². The lowest BCUT2D eigenvalue weighted by atomic mass is 10.3. The molecule has 5 heteroatoms. The van der Waals surface area contributed by atoms with Crippen molar-refractivity contribution in [3.63, 3.8) is 0 Å². The van der Waals surface area contributed by atoms with E-state index in [1.807, 2.05) is 12.1 Å². The molecule has 0 atom stereocenters. The van der Waals surface area contributed by atoms with Gasteiger partial charge in [-0.15, -0.1) is 0 Å². The quantitative estimate of drug-likeness (QED) is 0.876. The van der Waals surface area contributed by atoms with Gasteiger partial charge in [0.2, 0.25) is 5.91 Å². The van der Waals surface area contributed by atoms with Crippen LogP contribution in [-0.2, 0) is 4.79 Å². The highest BCUT2D eigenvalue weighted by Gasteiger charge is 2.21. The first-order valence-electron chi connectivity index (χ1n) is 5.61. The lowest BCUT2D eigenvalue weighted by Crippen LogP contribution is -2.31. The SMILES string of the molecule is O=C(CNc1ccc(Br)c(Cl)c1)NCC1CC1. The Morgan fingerprint density at radius 2 is 2.24 bits per heavy atom. The second kappa shape index (κ2) is 5.74. The molecule has 1 aliphatic carbocycles. The van der Waals surface area contributed by atoms with Crippen molar-refractivity contribution in [3.05, 3.63) is 27.7 Å². The van der Waals surface area contributed by atoms with Gasteiger partial charge in [-0.25, -0.2) is 0 Å². The number of carbonyl (C=O) groups is 1. The highest BCUT2D eigenvalue weighted by atomic mass is 79.9. The molecule has 0 heterocycles. The number of rotatable bonds is 5. The molecule has 2 rings (SSSR count). The maximum absolute atomic E-state index is 11.5. The van der Waals surface area contributed by atoms with Crippen LogP contribution < -0.4 is 10.6 Å². The molecule has 1 fully saturated rings. The van der Waals surface area contributed by atoms with Crippen LogP contribution in [0.2, 0.25) is 5.02 Å². The summed E-state index contributed by atoms with van der Waals surface area (Å²) >= 11 is 9.27. The van der Waals surface area contributed by atoms with E-state index in [1.54, 1.807) is 6.07 Å². The summed E-state index contributed by atoms with van der Waals surface area (Å²) in [5.74, 6) is 0.733. The molecule has 1 saturated carbocycles. The molecular formula is C12H14BrClN2O. The Bertz CT molecular complexity index is 421. The molecule has 1 aromatic rings. The second-order valence-electron chi connectivity index (χ2n) is 4.23. The number of hydrogen-bond acceptors (Lipinski definition) is 2. The number of benzene rings is 1. The van der Waals surface area contributed by atoms with Crippen LogP contribution in [0.1, 0.15) is 12.8 Å². The van der Waals surface area contributed by atoms with E-state index in [4.69, 9.17) is 11.6 Å². The highest BCUT2D eigenvalue weighted by molar-refractivity contribution is 9.10. The fourth-order valence-corrected chi connectivity index (χ4v) is 1.86. The van der Waals surface area contributed by atoms with Gasteiger partial charge in [0.05, 0.1) is 11.6 Å². The van der Waals surface area contributed by atoms with Gasteiger partial charge in [-0.2, -0.15) is 0 Å². The van der Waals surface area contributed by atoms with E-state index in [-0.39, 0.29) is 12.5 Å². The van der Waals surface area contributed by atoms with Gasteiger partial charge in [0.15, 0.2) is 0 Å². The predicted molar refractivity (Wildman–Crippen MR) is 73.4 cm³/mol. The fourth-order valence-electron chi connectivity index (χ4n) is 1.43. The van der Waals surface area contributed by atoms with Gasteiger partial charge in [-0.1, -0.05) is 11.6 Å². The summed E-state index contributed by atoms with van der Waals surface area (Å²) < 4.78 is 0.850. The minimum atomic E-state index is 0.0240. The lowest BCUT2D eigenvalue weighted by Gasteiger charge is -2.08. The Balaban J connectivity index is 1.75. The van der Waals surface area contributed by atoms with E-state index < -0.39 is 0 Å². The number of nitrogens with one attached hydrogen (secondary N) is 2. The van der Waals surface area contributed by atoms with Gasteiger partial charge >= 0.3 is 0 Å². The minimum Gasteiger partial charge on any atom is -0.376 e. The van der Waals surface area contributed by atoms with Crippen molar-refractivity contribution in [1.29, 1.82) is 0 Å². The summed E-state index contributed by atoms with van der Waals surface area (Å²) in [7, 11) is 0. The summed E-state index contributed by atoms with van der Waals surface area (Å²) in [6.07, 6.45) is 2.49. The Hall–Kier alpha value is -0.740. The van der Waals surface area contributed by atoms with Gasteiger partial charge in [-0.05, 0) is 52.9 Å². The van der Waals surface area contributed by atoms with Crippen molar-refractivity contribution in [2.45, 2.75) is 12.8 Å². The molecule has 1 aromatic carbocycles. The Kier molecular flexibility index (Phi) is 4.29. The van der Waals surface area contributed by atoms with Crippen molar-refractivity contribution in [1.82, 2.24) is 5.32 Å². The van der Waals surface area contributed by atoms with Crippen LogP contribution in [0.15, 0.2) is 22.7 Å². The average molecular weight is 318 g/mol. The Labute approximate surface area is 114 Å². The molecule has 0 unspecified atom stereocenters. The number of carbonyl (C=O) groups excluding carboxylic acids is 1. The molecule has 0 aromatic heterocycles. The average Bonchev–Trinajstić information content (AvgIpc) is 3.12. The van der Waals surface area contributed by atoms with Crippen LogP contribution in [0.3, 0.4) is 0 Å². The molecule has 1 aliphatic rings. The molecule has 1 amide bonds. The zero-order chi connectivity index (χ0) is 12.3. The number of halogens is 2. The summed E-state index contributed by atoms with van der Waals surface area (Å²) in [6, 6.07) is 5.52. The molecule has 0 aliphatic heterocycles. The van der Waals surface area contributed by atoms with Gasteiger partial charge < -0.3 is 10.6 Å². The zero-order valence-corrected chi connectivity index (χ0v) is 11.6. The van der Waals surface area contributed by atoms with Crippen molar-refractivity contribution < 1.29 is 4.79 Å². The third kappa shape index (κ3) is 4.21. The largest absolute Gasteiger partial charge is 0.376 e. The smallest absolute Gasteiger partial charge is 0.239 e. The van der Waals surface area contributed by atoms with Crippen LogP contribution >= 0.6 is 27.5 Å². The van der Waals surface area contributed by atoms with Crippen molar-refractivity contribution in [2.24, 2.45) is 5.92 Å². The van der Waals surface area contributed by atoms with Crippen molar-refractivity contribution in [2.75, 3.05) is 18.4 Å². The summed E-state index contributed by atoms with van der Waals surface area (Å²) in [5.41, 5.74) is 0.847. The standard InChI is InChI=1S/C12H14BrClN2O/c13-10-4-3-9(5-11(10)14)15-7-12(17)16-6-8-1-2-8/h3-5,8,15H,1-2,6-7H2,(H,16,17). The van der Waals surface area contributed by atoms with Gasteiger partial charge in [0.25, 0.3) is 0 Å². The monoisotopic (exact) mass is 316 g/mol. The molecule has 92 valence electrons.